The fourth-order valence-corrected chi connectivity index (χ4v) is 3.79. The van der Waals surface area contributed by atoms with Crippen LogP contribution in [-0.4, -0.2) is 29.1 Å². The maximum absolute atomic E-state index is 10.7. The number of aryl methyl sites for hydroxylation is 1. The molecule has 1 fully saturated rings. The number of likely N-dealkylation sites (tertiary alicyclic amines) is 1. The minimum atomic E-state index is -0.289. The van der Waals surface area contributed by atoms with E-state index in [0.29, 0.717) is 6.04 Å². The van der Waals surface area contributed by atoms with Crippen LogP contribution in [0.25, 0.3) is 0 Å². The van der Waals surface area contributed by atoms with Gasteiger partial charge >= 0.3 is 0 Å². The Morgan fingerprint density at radius 3 is 2.63 bits per heavy atom. The van der Waals surface area contributed by atoms with Crippen LogP contribution in [0.15, 0.2) is 24.3 Å². The van der Waals surface area contributed by atoms with Crippen LogP contribution in [0.3, 0.4) is 0 Å². The smallest absolute Gasteiger partial charge is 0.0947 e. The minimum absolute atomic E-state index is 0.289. The lowest BCUT2D eigenvalue weighted by molar-refractivity contribution is 0.0173. The molecule has 2 aliphatic rings. The number of piperidine rings is 1. The molecule has 1 aromatic rings. The number of nitrogens with zero attached hydrogens (tertiary/aromatic N) is 1. The summed E-state index contributed by atoms with van der Waals surface area (Å²) in [5.41, 5.74) is 2.51. The first kappa shape index (κ1) is 13.1. The van der Waals surface area contributed by atoms with Crippen molar-refractivity contribution in [2.45, 2.75) is 51.2 Å². The zero-order valence-electron chi connectivity index (χ0n) is 11.9. The largest absolute Gasteiger partial charge is 0.387 e. The Morgan fingerprint density at radius 2 is 1.89 bits per heavy atom. The van der Waals surface area contributed by atoms with Crippen molar-refractivity contribution in [1.29, 1.82) is 0 Å². The molecule has 2 nitrogen and oxygen atoms in total. The zero-order chi connectivity index (χ0) is 13.2. The summed E-state index contributed by atoms with van der Waals surface area (Å²) in [5.74, 6) is 0.907. The van der Waals surface area contributed by atoms with Crippen molar-refractivity contribution in [3.8, 4) is 0 Å². The topological polar surface area (TPSA) is 23.5 Å². The first-order valence-electron chi connectivity index (χ1n) is 7.79. The van der Waals surface area contributed by atoms with Gasteiger partial charge in [0.2, 0.25) is 0 Å². The number of fused-ring (bicyclic) bond motifs is 1. The van der Waals surface area contributed by atoms with Gasteiger partial charge in [-0.2, -0.15) is 0 Å². The van der Waals surface area contributed by atoms with Crippen molar-refractivity contribution in [2.75, 3.05) is 13.1 Å². The second-order valence-electron chi connectivity index (χ2n) is 6.14. The van der Waals surface area contributed by atoms with Gasteiger partial charge < -0.3 is 5.11 Å². The summed E-state index contributed by atoms with van der Waals surface area (Å²) >= 11 is 0. The maximum atomic E-state index is 10.7. The summed E-state index contributed by atoms with van der Waals surface area (Å²) in [6.07, 6.45) is 5.86. The second kappa shape index (κ2) is 5.64. The van der Waals surface area contributed by atoms with Crippen LogP contribution < -0.4 is 0 Å². The van der Waals surface area contributed by atoms with Crippen LogP contribution in [0.5, 0.6) is 0 Å². The summed E-state index contributed by atoms with van der Waals surface area (Å²) in [6.45, 7) is 4.64. The van der Waals surface area contributed by atoms with Crippen LogP contribution >= 0.6 is 0 Å². The normalized spacial score (nSPS) is 29.2. The fraction of sp³-hybridized carbons (Fsp3) is 0.647. The van der Waals surface area contributed by atoms with Gasteiger partial charge in [-0.3, -0.25) is 4.90 Å². The number of aliphatic hydroxyl groups is 1. The van der Waals surface area contributed by atoms with E-state index >= 15 is 0 Å². The molecule has 1 aliphatic heterocycles. The van der Waals surface area contributed by atoms with E-state index in [0.717, 1.165) is 24.3 Å². The van der Waals surface area contributed by atoms with Crippen LogP contribution in [0.4, 0.5) is 0 Å². The molecule has 0 radical (unpaired) electrons. The van der Waals surface area contributed by atoms with Gasteiger partial charge in [-0.1, -0.05) is 37.6 Å². The van der Waals surface area contributed by atoms with Gasteiger partial charge in [0.1, 0.15) is 0 Å². The minimum Gasteiger partial charge on any atom is -0.387 e. The number of benzene rings is 1. The number of aliphatic hydroxyl groups excluding tert-OH is 1. The molecule has 1 saturated heterocycles. The van der Waals surface area contributed by atoms with Crippen molar-refractivity contribution in [1.82, 2.24) is 4.90 Å². The van der Waals surface area contributed by atoms with Gasteiger partial charge in [0.15, 0.2) is 0 Å². The number of hydrogen-bond acceptors (Lipinski definition) is 2. The molecule has 2 atom stereocenters. The predicted octanol–water partition coefficient (Wildman–Crippen LogP) is 3.16. The standard InChI is InChI=1S/C17H25NO/c1-2-13-9-11-18(12-10-13)16-8-7-14-5-3-4-6-15(14)17(16)19/h3-6,13,16-17,19H,2,7-12H2,1H3. The Balaban J connectivity index is 1.71. The van der Waals surface area contributed by atoms with E-state index in [1.165, 1.54) is 37.9 Å². The van der Waals surface area contributed by atoms with Gasteiger partial charge in [-0.15, -0.1) is 0 Å². The Labute approximate surface area is 116 Å². The molecule has 0 aromatic heterocycles. The van der Waals surface area contributed by atoms with E-state index in [9.17, 15) is 5.11 Å². The molecule has 0 amide bonds. The molecule has 1 N–H and O–H groups in total. The van der Waals surface area contributed by atoms with Crippen LogP contribution in [0.2, 0.25) is 0 Å². The van der Waals surface area contributed by atoms with Gasteiger partial charge in [-0.25, -0.2) is 0 Å². The summed E-state index contributed by atoms with van der Waals surface area (Å²) in [7, 11) is 0. The first-order valence-corrected chi connectivity index (χ1v) is 7.79. The van der Waals surface area contributed by atoms with Crippen molar-refractivity contribution >= 4 is 0 Å². The van der Waals surface area contributed by atoms with Crippen molar-refractivity contribution in [2.24, 2.45) is 5.92 Å². The van der Waals surface area contributed by atoms with E-state index < -0.39 is 0 Å². The Hall–Kier alpha value is -0.860. The number of rotatable bonds is 2. The van der Waals surface area contributed by atoms with Gasteiger partial charge in [-0.05, 0) is 55.8 Å². The van der Waals surface area contributed by atoms with Gasteiger partial charge in [0, 0.05) is 6.04 Å². The van der Waals surface area contributed by atoms with E-state index in [4.69, 9.17) is 0 Å². The molecule has 3 rings (SSSR count). The molecule has 2 unspecified atom stereocenters. The van der Waals surface area contributed by atoms with Crippen LogP contribution in [0.1, 0.15) is 49.8 Å². The summed E-state index contributed by atoms with van der Waals surface area (Å²) in [5, 5.41) is 10.7. The first-order chi connectivity index (χ1) is 9.29. The molecular formula is C17H25NO. The quantitative estimate of drug-likeness (QED) is 0.882. The van der Waals surface area contributed by atoms with E-state index in [1.54, 1.807) is 0 Å². The molecule has 1 aliphatic carbocycles. The highest BCUT2D eigenvalue weighted by molar-refractivity contribution is 5.32. The Kier molecular flexibility index (Phi) is 3.90. The second-order valence-corrected chi connectivity index (χ2v) is 6.14. The molecule has 0 saturated carbocycles. The molecule has 1 heterocycles. The van der Waals surface area contributed by atoms with Crippen molar-refractivity contribution in [3.63, 3.8) is 0 Å². The van der Waals surface area contributed by atoms with Crippen molar-refractivity contribution < 1.29 is 5.11 Å². The van der Waals surface area contributed by atoms with Crippen molar-refractivity contribution in [3.05, 3.63) is 35.4 Å². The lowest BCUT2D eigenvalue weighted by atomic mass is 9.83. The predicted molar refractivity (Wildman–Crippen MR) is 78.1 cm³/mol. The molecule has 104 valence electrons. The fourth-order valence-electron chi connectivity index (χ4n) is 3.79. The van der Waals surface area contributed by atoms with Gasteiger partial charge in [0.05, 0.1) is 6.10 Å². The highest BCUT2D eigenvalue weighted by Crippen LogP contribution is 2.34. The third-order valence-corrected chi connectivity index (χ3v) is 5.14. The van der Waals surface area contributed by atoms with E-state index in [-0.39, 0.29) is 6.10 Å². The number of hydrogen-bond donors (Lipinski definition) is 1. The third kappa shape index (κ3) is 2.56. The van der Waals surface area contributed by atoms with E-state index in [2.05, 4.69) is 30.0 Å². The molecule has 19 heavy (non-hydrogen) atoms. The lowest BCUT2D eigenvalue weighted by Gasteiger charge is -2.42. The average Bonchev–Trinajstić information content (AvgIpc) is 2.48. The average molecular weight is 259 g/mol. The molecule has 1 aromatic carbocycles. The maximum Gasteiger partial charge on any atom is 0.0947 e. The highest BCUT2D eigenvalue weighted by atomic mass is 16.3. The third-order valence-electron chi connectivity index (χ3n) is 5.14. The van der Waals surface area contributed by atoms with Crippen LogP contribution in [-0.2, 0) is 6.42 Å². The summed E-state index contributed by atoms with van der Waals surface area (Å²) in [6, 6.07) is 8.74. The monoisotopic (exact) mass is 259 g/mol. The SMILES string of the molecule is CCC1CCN(C2CCc3ccccc3C2O)CC1. The van der Waals surface area contributed by atoms with E-state index in [1.807, 2.05) is 6.07 Å². The Morgan fingerprint density at radius 1 is 1.16 bits per heavy atom. The Bertz CT molecular complexity index is 423. The molecule has 0 bridgehead atoms. The lowest BCUT2D eigenvalue weighted by Crippen LogP contribution is -2.46. The van der Waals surface area contributed by atoms with Crippen LogP contribution in [0, 0.1) is 5.92 Å². The molecule has 2 heteroatoms. The molecule has 0 spiro atoms. The zero-order valence-corrected chi connectivity index (χ0v) is 11.9. The van der Waals surface area contributed by atoms with Gasteiger partial charge in [0.25, 0.3) is 0 Å². The summed E-state index contributed by atoms with van der Waals surface area (Å²) < 4.78 is 0. The molecular weight excluding hydrogens is 234 g/mol. The highest BCUT2D eigenvalue weighted by Gasteiger charge is 2.33. The summed E-state index contributed by atoms with van der Waals surface area (Å²) in [4.78, 5) is 2.53.